The highest BCUT2D eigenvalue weighted by atomic mass is 14.7. The van der Waals surface area contributed by atoms with E-state index in [1.807, 2.05) is 0 Å². The Hall–Kier alpha value is 0. The first kappa shape index (κ1) is 11.1. The first-order chi connectivity index (χ1) is 5.49. The van der Waals surface area contributed by atoms with E-state index in [2.05, 4.69) is 55.4 Å². The summed E-state index contributed by atoms with van der Waals surface area (Å²) in [6.45, 7) is 19.1. The van der Waals surface area contributed by atoms with E-state index in [1.54, 1.807) is 0 Å². The van der Waals surface area contributed by atoms with E-state index in [9.17, 15) is 0 Å². The normalized spacial score (nSPS) is 33.2. The molecule has 0 aromatic rings. The van der Waals surface area contributed by atoms with Crippen LogP contribution in [0.3, 0.4) is 0 Å². The molecule has 1 aliphatic carbocycles. The third-order valence-electron chi connectivity index (χ3n) is 3.69. The second kappa shape index (κ2) is 2.52. The topological polar surface area (TPSA) is 0 Å². The van der Waals surface area contributed by atoms with Crippen LogP contribution in [-0.4, -0.2) is 0 Å². The predicted molar refractivity (Wildman–Crippen MR) is 59.7 cm³/mol. The lowest BCUT2D eigenvalue weighted by Crippen LogP contribution is -2.16. The molecule has 13 heavy (non-hydrogen) atoms. The Bertz CT molecular complexity index is 175. The van der Waals surface area contributed by atoms with Crippen molar-refractivity contribution in [3.63, 3.8) is 0 Å². The number of hydrogen-bond acceptors (Lipinski definition) is 0. The molecule has 0 nitrogen and oxygen atoms in total. The maximum Gasteiger partial charge on any atom is -0.0272 e. The van der Waals surface area contributed by atoms with Gasteiger partial charge in [0.15, 0.2) is 0 Å². The van der Waals surface area contributed by atoms with Gasteiger partial charge in [0, 0.05) is 0 Å². The second-order valence-corrected chi connectivity index (χ2v) is 7.51. The monoisotopic (exact) mass is 182 g/mol. The van der Waals surface area contributed by atoms with E-state index in [4.69, 9.17) is 0 Å². The molecule has 0 heterocycles. The lowest BCUT2D eigenvalue weighted by molar-refractivity contribution is 0.254. The summed E-state index contributed by atoms with van der Waals surface area (Å²) < 4.78 is 0. The van der Waals surface area contributed by atoms with Crippen molar-refractivity contribution >= 4 is 0 Å². The van der Waals surface area contributed by atoms with Crippen molar-refractivity contribution in [3.8, 4) is 0 Å². The van der Waals surface area contributed by atoms with Gasteiger partial charge in [0.2, 0.25) is 0 Å². The van der Waals surface area contributed by atoms with Gasteiger partial charge in [-0.05, 0) is 28.1 Å². The van der Waals surface area contributed by atoms with E-state index < -0.39 is 0 Å². The molecule has 0 aliphatic heterocycles. The average molecular weight is 182 g/mol. The summed E-state index contributed by atoms with van der Waals surface area (Å²) >= 11 is 0. The Morgan fingerprint density at radius 2 is 0.923 bits per heavy atom. The molecule has 0 aromatic carbocycles. The van der Waals surface area contributed by atoms with Crippen LogP contribution < -0.4 is 0 Å². The average Bonchev–Trinajstić information content (AvgIpc) is 2.29. The van der Waals surface area contributed by atoms with Crippen molar-refractivity contribution < 1.29 is 0 Å². The van der Waals surface area contributed by atoms with Crippen LogP contribution in [0.5, 0.6) is 0 Å². The molecular formula is C13H26. The largest absolute Gasteiger partial charge is 0.0599 e. The van der Waals surface area contributed by atoms with E-state index in [0.717, 1.165) is 11.8 Å². The molecule has 78 valence electrons. The highest BCUT2D eigenvalue weighted by Crippen LogP contribution is 2.71. The van der Waals surface area contributed by atoms with E-state index in [0.29, 0.717) is 16.2 Å². The van der Waals surface area contributed by atoms with E-state index >= 15 is 0 Å². The van der Waals surface area contributed by atoms with Crippen molar-refractivity contribution in [3.05, 3.63) is 0 Å². The molecule has 0 N–H and O–H groups in total. The van der Waals surface area contributed by atoms with Gasteiger partial charge < -0.3 is 0 Å². The minimum atomic E-state index is 0.474. The SMILES string of the molecule is CC(C)(C)C1C(C(C)(C)C)C1(C)C. The summed E-state index contributed by atoms with van der Waals surface area (Å²) in [6.07, 6.45) is 0. The van der Waals surface area contributed by atoms with E-state index in [-0.39, 0.29) is 0 Å². The molecule has 1 aliphatic rings. The van der Waals surface area contributed by atoms with Crippen LogP contribution in [0.15, 0.2) is 0 Å². The quantitative estimate of drug-likeness (QED) is 0.522. The van der Waals surface area contributed by atoms with Crippen molar-refractivity contribution in [1.29, 1.82) is 0 Å². The Kier molecular flexibility index (Phi) is 2.15. The van der Waals surface area contributed by atoms with Crippen LogP contribution >= 0.6 is 0 Å². The first-order valence-corrected chi connectivity index (χ1v) is 5.49. The lowest BCUT2D eigenvalue weighted by atomic mass is 9.81. The summed E-state index contributed by atoms with van der Waals surface area (Å²) in [7, 11) is 0. The molecule has 0 heteroatoms. The fourth-order valence-electron chi connectivity index (χ4n) is 3.87. The maximum atomic E-state index is 2.43. The lowest BCUT2D eigenvalue weighted by Gasteiger charge is -2.24. The molecule has 2 atom stereocenters. The van der Waals surface area contributed by atoms with Crippen LogP contribution in [0.2, 0.25) is 0 Å². The zero-order valence-corrected chi connectivity index (χ0v) is 10.7. The summed E-state index contributed by atoms with van der Waals surface area (Å²) in [6, 6.07) is 0. The molecule has 0 radical (unpaired) electrons. The standard InChI is InChI=1S/C13H26/c1-11(2,3)9-10(12(4,5)6)13(9,7)8/h9-10H,1-8H3. The molecule has 0 aromatic heterocycles. The molecule has 1 fully saturated rings. The zero-order chi connectivity index (χ0) is 10.7. The van der Waals surface area contributed by atoms with Crippen LogP contribution in [0.4, 0.5) is 0 Å². The summed E-state index contributed by atoms with van der Waals surface area (Å²) in [4.78, 5) is 0. The molecule has 2 unspecified atom stereocenters. The van der Waals surface area contributed by atoms with Crippen molar-refractivity contribution in [2.75, 3.05) is 0 Å². The van der Waals surface area contributed by atoms with Crippen molar-refractivity contribution in [2.45, 2.75) is 55.4 Å². The van der Waals surface area contributed by atoms with Gasteiger partial charge >= 0.3 is 0 Å². The van der Waals surface area contributed by atoms with Crippen LogP contribution in [-0.2, 0) is 0 Å². The van der Waals surface area contributed by atoms with Crippen molar-refractivity contribution in [2.24, 2.45) is 28.1 Å². The minimum absolute atomic E-state index is 0.474. The highest BCUT2D eigenvalue weighted by molar-refractivity contribution is 5.13. The van der Waals surface area contributed by atoms with Gasteiger partial charge in [-0.1, -0.05) is 55.4 Å². The third kappa shape index (κ3) is 1.78. The minimum Gasteiger partial charge on any atom is -0.0599 e. The fraction of sp³-hybridized carbons (Fsp3) is 1.00. The summed E-state index contributed by atoms with van der Waals surface area (Å²) in [5.41, 5.74) is 1.50. The highest BCUT2D eigenvalue weighted by Gasteiger charge is 2.65. The van der Waals surface area contributed by atoms with Gasteiger partial charge in [-0.15, -0.1) is 0 Å². The van der Waals surface area contributed by atoms with Gasteiger partial charge in [0.1, 0.15) is 0 Å². The van der Waals surface area contributed by atoms with Gasteiger partial charge in [0.25, 0.3) is 0 Å². The Morgan fingerprint density at radius 1 is 0.692 bits per heavy atom. The maximum absolute atomic E-state index is 2.43. The van der Waals surface area contributed by atoms with Gasteiger partial charge in [0.05, 0.1) is 0 Å². The van der Waals surface area contributed by atoms with Crippen LogP contribution in [0.25, 0.3) is 0 Å². The Labute approximate surface area is 84.1 Å². The van der Waals surface area contributed by atoms with Gasteiger partial charge in [-0.25, -0.2) is 0 Å². The summed E-state index contributed by atoms with van der Waals surface area (Å²) in [5.74, 6) is 1.78. The number of hydrogen-bond donors (Lipinski definition) is 0. The molecule has 1 saturated carbocycles. The molecule has 0 saturated heterocycles. The second-order valence-electron chi connectivity index (χ2n) is 7.51. The van der Waals surface area contributed by atoms with Gasteiger partial charge in [-0.2, -0.15) is 0 Å². The molecule has 1 rings (SSSR count). The van der Waals surface area contributed by atoms with Crippen molar-refractivity contribution in [1.82, 2.24) is 0 Å². The van der Waals surface area contributed by atoms with Gasteiger partial charge in [-0.3, -0.25) is 0 Å². The van der Waals surface area contributed by atoms with Crippen LogP contribution in [0.1, 0.15) is 55.4 Å². The third-order valence-corrected chi connectivity index (χ3v) is 3.69. The van der Waals surface area contributed by atoms with E-state index in [1.165, 1.54) is 0 Å². The smallest absolute Gasteiger partial charge is 0.0272 e. The Morgan fingerprint density at radius 3 is 1.00 bits per heavy atom. The van der Waals surface area contributed by atoms with Crippen LogP contribution in [0, 0.1) is 28.1 Å². The number of rotatable bonds is 0. The Balaban J connectivity index is 2.85. The molecule has 0 bridgehead atoms. The molecule has 0 spiro atoms. The fourth-order valence-corrected chi connectivity index (χ4v) is 3.87. The molecule has 0 amide bonds. The first-order valence-electron chi connectivity index (χ1n) is 5.49. The predicted octanol–water partition coefficient (Wildman–Crippen LogP) is 4.35. The summed E-state index contributed by atoms with van der Waals surface area (Å²) in [5, 5.41) is 0. The zero-order valence-electron chi connectivity index (χ0n) is 10.7. The molecular weight excluding hydrogens is 156 g/mol.